The zero-order chi connectivity index (χ0) is 12.3. The number of nitrogens with two attached hydrogens (primary N) is 1. The molecular formula is C12H23N3O2. The number of hydrogen-bond donors (Lipinski definition) is 1. The van der Waals surface area contributed by atoms with Crippen molar-refractivity contribution < 1.29 is 9.53 Å². The number of hydrogen-bond acceptors (Lipinski definition) is 4. The molecule has 0 aromatic rings. The van der Waals surface area contributed by atoms with E-state index in [4.69, 9.17) is 10.5 Å². The predicted octanol–water partition coefficient (Wildman–Crippen LogP) is -0.486. The molecule has 2 rings (SSSR count). The van der Waals surface area contributed by atoms with Gasteiger partial charge in [0, 0.05) is 38.6 Å². The second-order valence-corrected chi connectivity index (χ2v) is 5.11. The van der Waals surface area contributed by atoms with Gasteiger partial charge in [0.05, 0.1) is 13.2 Å². The number of rotatable bonds is 4. The van der Waals surface area contributed by atoms with Crippen molar-refractivity contribution in [2.45, 2.75) is 19.4 Å². The highest BCUT2D eigenvalue weighted by Crippen LogP contribution is 2.19. The molecule has 2 saturated heterocycles. The molecule has 0 aromatic heterocycles. The van der Waals surface area contributed by atoms with E-state index in [-0.39, 0.29) is 11.9 Å². The topological polar surface area (TPSA) is 58.8 Å². The molecule has 0 spiro atoms. The molecule has 98 valence electrons. The summed E-state index contributed by atoms with van der Waals surface area (Å²) in [6, 6.07) is 0.289. The molecule has 5 nitrogen and oxygen atoms in total. The van der Waals surface area contributed by atoms with Gasteiger partial charge >= 0.3 is 0 Å². The smallest absolute Gasteiger partial charge is 0.223 e. The Morgan fingerprint density at radius 3 is 2.76 bits per heavy atom. The highest BCUT2D eigenvalue weighted by atomic mass is 16.5. The van der Waals surface area contributed by atoms with Crippen LogP contribution >= 0.6 is 0 Å². The Hall–Kier alpha value is -0.650. The Morgan fingerprint density at radius 2 is 2.18 bits per heavy atom. The highest BCUT2D eigenvalue weighted by molar-refractivity contribution is 5.79. The van der Waals surface area contributed by atoms with E-state index in [1.165, 1.54) is 0 Å². The van der Waals surface area contributed by atoms with E-state index in [0.717, 1.165) is 39.4 Å². The molecule has 1 amide bonds. The number of carbonyl (C=O) groups is 1. The lowest BCUT2D eigenvalue weighted by Crippen LogP contribution is -2.46. The van der Waals surface area contributed by atoms with Crippen LogP contribution in [0.2, 0.25) is 0 Å². The summed E-state index contributed by atoms with van der Waals surface area (Å²) in [7, 11) is 0. The van der Waals surface area contributed by atoms with E-state index in [0.29, 0.717) is 18.9 Å². The zero-order valence-corrected chi connectivity index (χ0v) is 10.6. The Balaban J connectivity index is 1.82. The van der Waals surface area contributed by atoms with Crippen LogP contribution in [-0.2, 0) is 9.53 Å². The van der Waals surface area contributed by atoms with Crippen LogP contribution in [0.5, 0.6) is 0 Å². The first-order valence-corrected chi connectivity index (χ1v) is 6.50. The van der Waals surface area contributed by atoms with Crippen LogP contribution in [0, 0.1) is 5.92 Å². The molecule has 0 aliphatic carbocycles. The third kappa shape index (κ3) is 3.18. The molecule has 0 bridgehead atoms. The maximum Gasteiger partial charge on any atom is 0.223 e. The average molecular weight is 241 g/mol. The Labute approximate surface area is 103 Å². The normalized spacial score (nSPS) is 28.7. The Morgan fingerprint density at radius 1 is 1.47 bits per heavy atom. The molecule has 2 heterocycles. The standard InChI is InChI=1S/C12H23N3O2/c1-10(8-14-2-4-17-5-3-14)15-9-11(7-13)6-12(15)16/h10-11H,2-9,13H2,1H3. The molecule has 2 aliphatic heterocycles. The first kappa shape index (κ1) is 12.8. The number of morpholine rings is 1. The maximum atomic E-state index is 11.9. The molecule has 2 unspecified atom stereocenters. The summed E-state index contributed by atoms with van der Waals surface area (Å²) in [5.41, 5.74) is 5.64. The van der Waals surface area contributed by atoms with Crippen molar-refractivity contribution in [3.8, 4) is 0 Å². The molecule has 2 N–H and O–H groups in total. The number of carbonyl (C=O) groups excluding carboxylic acids is 1. The lowest BCUT2D eigenvalue weighted by atomic mass is 10.1. The third-order valence-corrected chi connectivity index (χ3v) is 3.73. The van der Waals surface area contributed by atoms with Gasteiger partial charge in [-0.15, -0.1) is 0 Å². The van der Waals surface area contributed by atoms with E-state index in [1.807, 2.05) is 4.90 Å². The summed E-state index contributed by atoms with van der Waals surface area (Å²) >= 11 is 0. The van der Waals surface area contributed by atoms with Gasteiger partial charge in [-0.3, -0.25) is 9.69 Å². The third-order valence-electron chi connectivity index (χ3n) is 3.73. The van der Waals surface area contributed by atoms with Crippen molar-refractivity contribution in [2.75, 3.05) is 45.9 Å². The van der Waals surface area contributed by atoms with Crippen LogP contribution in [0.15, 0.2) is 0 Å². The molecule has 2 aliphatic rings. The molecule has 0 saturated carbocycles. The molecule has 0 radical (unpaired) electrons. The summed E-state index contributed by atoms with van der Waals surface area (Å²) < 4.78 is 5.32. The fourth-order valence-electron chi connectivity index (χ4n) is 2.65. The monoisotopic (exact) mass is 241 g/mol. The van der Waals surface area contributed by atoms with Crippen LogP contribution in [0.4, 0.5) is 0 Å². The highest BCUT2D eigenvalue weighted by Gasteiger charge is 2.32. The maximum absolute atomic E-state index is 11.9. The van der Waals surface area contributed by atoms with Crippen LogP contribution in [0.1, 0.15) is 13.3 Å². The predicted molar refractivity (Wildman–Crippen MR) is 65.6 cm³/mol. The summed E-state index contributed by atoms with van der Waals surface area (Å²) in [5, 5.41) is 0. The van der Waals surface area contributed by atoms with Gasteiger partial charge in [-0.2, -0.15) is 0 Å². The fourth-order valence-corrected chi connectivity index (χ4v) is 2.65. The van der Waals surface area contributed by atoms with Crippen molar-refractivity contribution in [3.63, 3.8) is 0 Å². The minimum atomic E-state index is 0.265. The van der Waals surface area contributed by atoms with Crippen LogP contribution < -0.4 is 5.73 Å². The summed E-state index contributed by atoms with van der Waals surface area (Å²) in [6.07, 6.45) is 0.629. The number of likely N-dealkylation sites (tertiary alicyclic amines) is 1. The lowest BCUT2D eigenvalue weighted by Gasteiger charge is -2.33. The zero-order valence-electron chi connectivity index (χ0n) is 10.6. The van der Waals surface area contributed by atoms with Crippen LogP contribution in [0.3, 0.4) is 0 Å². The second-order valence-electron chi connectivity index (χ2n) is 5.11. The van der Waals surface area contributed by atoms with E-state index in [9.17, 15) is 4.79 Å². The summed E-state index contributed by atoms with van der Waals surface area (Å²) in [6.45, 7) is 8.11. The number of amides is 1. The largest absolute Gasteiger partial charge is 0.379 e. The molecule has 2 fully saturated rings. The number of nitrogens with zero attached hydrogens (tertiary/aromatic N) is 2. The van der Waals surface area contributed by atoms with Crippen molar-refractivity contribution in [3.05, 3.63) is 0 Å². The Kier molecular flexibility index (Phi) is 4.36. The van der Waals surface area contributed by atoms with Gasteiger partial charge in [-0.05, 0) is 19.4 Å². The van der Waals surface area contributed by atoms with E-state index in [1.54, 1.807) is 0 Å². The summed E-state index contributed by atoms with van der Waals surface area (Å²) in [5.74, 6) is 0.621. The SMILES string of the molecule is CC(CN1CCOCC1)N1CC(CN)CC1=O. The first-order valence-electron chi connectivity index (χ1n) is 6.50. The minimum Gasteiger partial charge on any atom is -0.379 e. The average Bonchev–Trinajstić information content (AvgIpc) is 2.72. The second kappa shape index (κ2) is 5.80. The molecule has 2 atom stereocenters. The van der Waals surface area contributed by atoms with Crippen LogP contribution in [-0.4, -0.2) is 67.7 Å². The van der Waals surface area contributed by atoms with Gasteiger partial charge in [0.1, 0.15) is 0 Å². The summed E-state index contributed by atoms with van der Waals surface area (Å²) in [4.78, 5) is 16.2. The van der Waals surface area contributed by atoms with Crippen molar-refractivity contribution >= 4 is 5.91 Å². The van der Waals surface area contributed by atoms with Gasteiger partial charge in [0.2, 0.25) is 5.91 Å². The minimum absolute atomic E-state index is 0.265. The van der Waals surface area contributed by atoms with Crippen molar-refractivity contribution in [1.82, 2.24) is 9.80 Å². The van der Waals surface area contributed by atoms with Crippen LogP contribution in [0.25, 0.3) is 0 Å². The first-order chi connectivity index (χ1) is 8.20. The van der Waals surface area contributed by atoms with Gasteiger partial charge in [-0.1, -0.05) is 0 Å². The molecule has 0 aromatic carbocycles. The molecular weight excluding hydrogens is 218 g/mol. The van der Waals surface area contributed by atoms with Gasteiger partial charge in [0.25, 0.3) is 0 Å². The van der Waals surface area contributed by atoms with E-state index < -0.39 is 0 Å². The molecule has 17 heavy (non-hydrogen) atoms. The quantitative estimate of drug-likeness (QED) is 0.722. The van der Waals surface area contributed by atoms with Crippen molar-refractivity contribution in [1.29, 1.82) is 0 Å². The van der Waals surface area contributed by atoms with Gasteiger partial charge in [0.15, 0.2) is 0 Å². The Bertz CT molecular complexity index is 266. The van der Waals surface area contributed by atoms with E-state index in [2.05, 4.69) is 11.8 Å². The fraction of sp³-hybridized carbons (Fsp3) is 0.917. The molecule has 5 heteroatoms. The van der Waals surface area contributed by atoms with Gasteiger partial charge < -0.3 is 15.4 Å². The van der Waals surface area contributed by atoms with E-state index >= 15 is 0 Å². The van der Waals surface area contributed by atoms with Crippen molar-refractivity contribution in [2.24, 2.45) is 11.7 Å². The lowest BCUT2D eigenvalue weighted by molar-refractivity contribution is -0.129. The van der Waals surface area contributed by atoms with Gasteiger partial charge in [-0.25, -0.2) is 0 Å². The number of ether oxygens (including phenoxy) is 1.